The number of hydrogen-bond acceptors (Lipinski definition) is 3. The molecule has 0 saturated heterocycles. The lowest BCUT2D eigenvalue weighted by molar-refractivity contribution is 0.00877. The van der Waals surface area contributed by atoms with Gasteiger partial charge in [0.1, 0.15) is 12.4 Å². The van der Waals surface area contributed by atoms with Crippen LogP contribution in [0.2, 0.25) is 0 Å². The van der Waals surface area contributed by atoms with Crippen molar-refractivity contribution in [3.05, 3.63) is 23.7 Å². The van der Waals surface area contributed by atoms with Crippen LogP contribution in [0.25, 0.3) is 0 Å². The van der Waals surface area contributed by atoms with E-state index in [1.165, 1.54) is 37.7 Å². The summed E-state index contributed by atoms with van der Waals surface area (Å²) >= 11 is 0. The predicted molar refractivity (Wildman–Crippen MR) is 63.1 cm³/mol. The third-order valence-corrected chi connectivity index (χ3v) is 3.10. The van der Waals surface area contributed by atoms with Crippen LogP contribution >= 0.6 is 0 Å². The average molecular weight is 223 g/mol. The fraction of sp³-hybridized carbons (Fsp3) is 0.692. The maximum atomic E-state index is 5.85. The van der Waals surface area contributed by atoms with E-state index < -0.39 is 0 Å². The van der Waals surface area contributed by atoms with Gasteiger partial charge in [-0.25, -0.2) is 0 Å². The molecule has 0 amide bonds. The van der Waals surface area contributed by atoms with Gasteiger partial charge in [0.25, 0.3) is 0 Å². The lowest BCUT2D eigenvalue weighted by atomic mass is 9.98. The molecule has 1 fully saturated rings. The van der Waals surface area contributed by atoms with Gasteiger partial charge in [-0.2, -0.15) is 0 Å². The second-order valence-electron chi connectivity index (χ2n) is 4.52. The van der Waals surface area contributed by atoms with Crippen LogP contribution < -0.4 is 5.32 Å². The van der Waals surface area contributed by atoms with E-state index in [2.05, 4.69) is 11.4 Å². The zero-order valence-electron chi connectivity index (χ0n) is 10.00. The van der Waals surface area contributed by atoms with E-state index in [4.69, 9.17) is 9.15 Å². The first-order valence-corrected chi connectivity index (χ1v) is 6.21. The second kappa shape index (κ2) is 6.06. The van der Waals surface area contributed by atoms with Gasteiger partial charge in [0.2, 0.25) is 0 Å². The molecule has 1 heterocycles. The fourth-order valence-corrected chi connectivity index (χ4v) is 2.23. The molecule has 1 aromatic rings. The standard InChI is InChI=1S/C13H21NO2/c1-14-8-11-7-13(15-9-11)10-16-12-5-3-2-4-6-12/h7,9,12,14H,2-6,8,10H2,1H3. The summed E-state index contributed by atoms with van der Waals surface area (Å²) in [5.41, 5.74) is 1.18. The second-order valence-corrected chi connectivity index (χ2v) is 4.52. The van der Waals surface area contributed by atoms with Crippen LogP contribution in [-0.2, 0) is 17.9 Å². The molecular weight excluding hydrogens is 202 g/mol. The van der Waals surface area contributed by atoms with Gasteiger partial charge in [0, 0.05) is 12.1 Å². The SMILES string of the molecule is CNCc1coc(COC2CCCCC2)c1. The summed E-state index contributed by atoms with van der Waals surface area (Å²) in [5.74, 6) is 0.941. The molecule has 3 nitrogen and oxygen atoms in total. The average Bonchev–Trinajstić information content (AvgIpc) is 2.76. The molecule has 1 N–H and O–H groups in total. The van der Waals surface area contributed by atoms with E-state index >= 15 is 0 Å². The van der Waals surface area contributed by atoms with Crippen LogP contribution in [0.5, 0.6) is 0 Å². The van der Waals surface area contributed by atoms with Crippen LogP contribution in [0.4, 0.5) is 0 Å². The van der Waals surface area contributed by atoms with E-state index in [1.54, 1.807) is 6.26 Å². The lowest BCUT2D eigenvalue weighted by Crippen LogP contribution is -2.16. The summed E-state index contributed by atoms with van der Waals surface area (Å²) < 4.78 is 11.3. The minimum atomic E-state index is 0.451. The van der Waals surface area contributed by atoms with E-state index in [0.29, 0.717) is 12.7 Å². The fourth-order valence-electron chi connectivity index (χ4n) is 2.23. The Morgan fingerprint density at radius 3 is 2.94 bits per heavy atom. The van der Waals surface area contributed by atoms with Crippen molar-refractivity contribution in [1.29, 1.82) is 0 Å². The van der Waals surface area contributed by atoms with Crippen LogP contribution in [-0.4, -0.2) is 13.2 Å². The molecule has 1 saturated carbocycles. The molecule has 0 aliphatic heterocycles. The maximum absolute atomic E-state index is 5.85. The molecular formula is C13H21NO2. The van der Waals surface area contributed by atoms with Gasteiger partial charge in [-0.3, -0.25) is 0 Å². The molecule has 0 bridgehead atoms. The Bertz CT molecular complexity index is 303. The summed E-state index contributed by atoms with van der Waals surface area (Å²) in [6.45, 7) is 1.47. The van der Waals surface area contributed by atoms with E-state index in [0.717, 1.165) is 12.3 Å². The van der Waals surface area contributed by atoms with Gasteiger partial charge in [-0.15, -0.1) is 0 Å². The van der Waals surface area contributed by atoms with E-state index in [9.17, 15) is 0 Å². The molecule has 0 spiro atoms. The molecule has 0 aromatic carbocycles. The van der Waals surface area contributed by atoms with Crippen molar-refractivity contribution < 1.29 is 9.15 Å². The first kappa shape index (κ1) is 11.7. The number of rotatable bonds is 5. The maximum Gasteiger partial charge on any atom is 0.129 e. The van der Waals surface area contributed by atoms with Crippen molar-refractivity contribution in [2.45, 2.75) is 51.4 Å². The van der Waals surface area contributed by atoms with Crippen molar-refractivity contribution in [2.75, 3.05) is 7.05 Å². The van der Waals surface area contributed by atoms with Gasteiger partial charge >= 0.3 is 0 Å². The summed E-state index contributed by atoms with van der Waals surface area (Å²) in [7, 11) is 1.94. The van der Waals surface area contributed by atoms with Gasteiger partial charge in [-0.1, -0.05) is 19.3 Å². The van der Waals surface area contributed by atoms with Gasteiger partial charge in [0.05, 0.1) is 12.4 Å². The molecule has 1 aliphatic carbocycles. The smallest absolute Gasteiger partial charge is 0.129 e. The van der Waals surface area contributed by atoms with Gasteiger partial charge < -0.3 is 14.5 Å². The molecule has 0 unspecified atom stereocenters. The van der Waals surface area contributed by atoms with Gasteiger partial charge in [-0.05, 0) is 26.0 Å². The van der Waals surface area contributed by atoms with Crippen molar-refractivity contribution in [2.24, 2.45) is 0 Å². The molecule has 1 aliphatic rings. The highest BCUT2D eigenvalue weighted by molar-refractivity contribution is 5.11. The van der Waals surface area contributed by atoms with E-state index in [1.807, 2.05) is 7.05 Å². The minimum absolute atomic E-state index is 0.451. The Labute approximate surface area is 97.2 Å². The lowest BCUT2D eigenvalue weighted by Gasteiger charge is -2.21. The van der Waals surface area contributed by atoms with Crippen LogP contribution in [0, 0.1) is 0 Å². The topological polar surface area (TPSA) is 34.4 Å². The summed E-state index contributed by atoms with van der Waals surface area (Å²) in [5, 5.41) is 3.10. The highest BCUT2D eigenvalue weighted by atomic mass is 16.5. The highest BCUT2D eigenvalue weighted by Crippen LogP contribution is 2.21. The monoisotopic (exact) mass is 223 g/mol. The number of nitrogens with one attached hydrogen (secondary N) is 1. The highest BCUT2D eigenvalue weighted by Gasteiger charge is 2.14. The zero-order valence-corrected chi connectivity index (χ0v) is 10.00. The summed E-state index contributed by atoms with van der Waals surface area (Å²) in [6, 6.07) is 2.07. The van der Waals surface area contributed by atoms with Crippen LogP contribution in [0.15, 0.2) is 16.7 Å². The van der Waals surface area contributed by atoms with E-state index in [-0.39, 0.29) is 0 Å². The largest absolute Gasteiger partial charge is 0.467 e. The van der Waals surface area contributed by atoms with Crippen molar-refractivity contribution in [1.82, 2.24) is 5.32 Å². The normalized spacial score (nSPS) is 17.8. The Balaban J connectivity index is 1.75. The van der Waals surface area contributed by atoms with Crippen LogP contribution in [0.1, 0.15) is 43.4 Å². The first-order valence-electron chi connectivity index (χ1n) is 6.21. The summed E-state index contributed by atoms with van der Waals surface area (Å²) in [4.78, 5) is 0. The first-order chi connectivity index (χ1) is 7.88. The Hall–Kier alpha value is -0.800. The van der Waals surface area contributed by atoms with Crippen LogP contribution in [0.3, 0.4) is 0 Å². The number of furan rings is 1. The molecule has 16 heavy (non-hydrogen) atoms. The Morgan fingerprint density at radius 1 is 1.38 bits per heavy atom. The summed E-state index contributed by atoms with van der Waals surface area (Å²) in [6.07, 6.45) is 8.67. The third-order valence-electron chi connectivity index (χ3n) is 3.10. The van der Waals surface area contributed by atoms with Crippen molar-refractivity contribution >= 4 is 0 Å². The number of ether oxygens (including phenoxy) is 1. The Kier molecular flexibility index (Phi) is 4.43. The zero-order chi connectivity index (χ0) is 11.2. The molecule has 3 heteroatoms. The predicted octanol–water partition coefficient (Wildman–Crippen LogP) is 2.85. The Morgan fingerprint density at radius 2 is 2.19 bits per heavy atom. The third kappa shape index (κ3) is 3.35. The molecule has 0 radical (unpaired) electrons. The molecule has 90 valence electrons. The van der Waals surface area contributed by atoms with Crippen molar-refractivity contribution in [3.63, 3.8) is 0 Å². The quantitative estimate of drug-likeness (QED) is 0.833. The van der Waals surface area contributed by atoms with Gasteiger partial charge in [0.15, 0.2) is 0 Å². The van der Waals surface area contributed by atoms with Crippen molar-refractivity contribution in [3.8, 4) is 0 Å². The minimum Gasteiger partial charge on any atom is -0.467 e. The molecule has 0 atom stereocenters. The number of hydrogen-bond donors (Lipinski definition) is 1. The molecule has 1 aromatic heterocycles. The molecule has 2 rings (SSSR count).